The van der Waals surface area contributed by atoms with Gasteiger partial charge in [-0.05, 0) is 29.7 Å². The average molecular weight is 285 g/mol. The van der Waals surface area contributed by atoms with Gasteiger partial charge in [0, 0.05) is 15.4 Å². The maximum Gasteiger partial charge on any atom is 0.336 e. The Morgan fingerprint density at radius 3 is 1.56 bits per heavy atom. The van der Waals surface area contributed by atoms with Gasteiger partial charge in [0.25, 0.3) is 0 Å². The van der Waals surface area contributed by atoms with Crippen LogP contribution in [0.25, 0.3) is 10.8 Å². The van der Waals surface area contributed by atoms with Crippen LogP contribution in [0.1, 0.15) is 20.7 Å². The van der Waals surface area contributed by atoms with Gasteiger partial charge in [-0.2, -0.15) is 0 Å². The van der Waals surface area contributed by atoms with Crippen molar-refractivity contribution in [1.29, 1.82) is 0 Å². The van der Waals surface area contributed by atoms with Crippen LogP contribution in [0.3, 0.4) is 0 Å². The number of fused-ring (bicyclic) bond motifs is 1. The zero-order chi connectivity index (χ0) is 13.4. The van der Waals surface area contributed by atoms with Gasteiger partial charge in [-0.25, -0.2) is 9.59 Å². The van der Waals surface area contributed by atoms with Gasteiger partial charge in [0.15, 0.2) is 0 Å². The highest BCUT2D eigenvalue weighted by molar-refractivity contribution is 6.34. The van der Waals surface area contributed by atoms with Crippen LogP contribution in [0.2, 0.25) is 10.0 Å². The number of halogens is 2. The van der Waals surface area contributed by atoms with Crippen molar-refractivity contribution < 1.29 is 19.8 Å². The fourth-order valence-electron chi connectivity index (χ4n) is 1.78. The fraction of sp³-hybridized carbons (Fsp3) is 0. The number of hydrogen-bond donors (Lipinski definition) is 2. The summed E-state index contributed by atoms with van der Waals surface area (Å²) in [7, 11) is 0. The maximum atomic E-state index is 11.1. The Hall–Kier alpha value is -1.78. The van der Waals surface area contributed by atoms with Crippen molar-refractivity contribution in [2.75, 3.05) is 0 Å². The molecule has 0 spiro atoms. The summed E-state index contributed by atoms with van der Waals surface area (Å²) in [5, 5.41) is 19.1. The third-order valence-electron chi connectivity index (χ3n) is 2.44. The lowest BCUT2D eigenvalue weighted by molar-refractivity contribution is 0.0695. The van der Waals surface area contributed by atoms with E-state index in [0.717, 1.165) is 0 Å². The number of hydrogen-bond acceptors (Lipinski definition) is 2. The molecule has 2 rings (SSSR count). The molecule has 0 saturated heterocycles. The van der Waals surface area contributed by atoms with Crippen molar-refractivity contribution in [1.82, 2.24) is 0 Å². The van der Waals surface area contributed by atoms with Crippen LogP contribution in [0.15, 0.2) is 24.3 Å². The highest BCUT2D eigenvalue weighted by Gasteiger charge is 2.18. The van der Waals surface area contributed by atoms with E-state index in [1.807, 2.05) is 0 Å². The molecule has 0 aliphatic rings. The predicted molar refractivity (Wildman–Crippen MR) is 67.9 cm³/mol. The van der Waals surface area contributed by atoms with Crippen LogP contribution in [0.4, 0.5) is 0 Å². The summed E-state index contributed by atoms with van der Waals surface area (Å²) in [5.41, 5.74) is -0.321. The van der Waals surface area contributed by atoms with E-state index in [-0.39, 0.29) is 26.6 Å². The van der Waals surface area contributed by atoms with Crippen molar-refractivity contribution in [3.8, 4) is 0 Å². The first-order valence-electron chi connectivity index (χ1n) is 4.79. The number of benzene rings is 2. The van der Waals surface area contributed by atoms with Crippen molar-refractivity contribution in [2.24, 2.45) is 0 Å². The summed E-state index contributed by atoms with van der Waals surface area (Å²) in [6, 6.07) is 5.38. The second kappa shape index (κ2) is 4.48. The molecular weight excluding hydrogens is 279 g/mol. The zero-order valence-electron chi connectivity index (χ0n) is 8.78. The van der Waals surface area contributed by atoms with Crippen molar-refractivity contribution in [3.05, 3.63) is 45.4 Å². The lowest BCUT2D eigenvalue weighted by atomic mass is 9.99. The first-order chi connectivity index (χ1) is 8.40. The Bertz CT molecular complexity index is 625. The Morgan fingerprint density at radius 2 is 1.22 bits per heavy atom. The number of carboxylic acid groups (broad SMARTS) is 2. The standard InChI is InChI=1S/C12H6Cl2O4/c13-6-1-5-2-7(14)4-9(12(17)18)10(5)8(3-6)11(15)16/h1-4H,(H,15,16)(H,17,18). The van der Waals surface area contributed by atoms with Crippen LogP contribution >= 0.6 is 23.2 Å². The molecule has 0 amide bonds. The molecule has 0 heterocycles. The van der Waals surface area contributed by atoms with E-state index in [1.54, 1.807) is 0 Å². The summed E-state index contributed by atoms with van der Waals surface area (Å²) in [6.07, 6.45) is 0. The van der Waals surface area contributed by atoms with E-state index in [4.69, 9.17) is 33.4 Å². The molecule has 0 atom stereocenters. The average Bonchev–Trinajstić information content (AvgIpc) is 2.25. The zero-order valence-corrected chi connectivity index (χ0v) is 10.3. The SMILES string of the molecule is O=C(O)c1cc(Cl)cc2cc(Cl)cc(C(=O)O)c12. The molecule has 0 aliphatic carbocycles. The summed E-state index contributed by atoms with van der Waals surface area (Å²) < 4.78 is 0. The molecule has 18 heavy (non-hydrogen) atoms. The van der Waals surface area contributed by atoms with Crippen molar-refractivity contribution >= 4 is 45.9 Å². The Kier molecular flexibility index (Phi) is 3.15. The minimum absolute atomic E-state index is 0.115. The third-order valence-corrected chi connectivity index (χ3v) is 2.88. The Morgan fingerprint density at radius 1 is 0.833 bits per heavy atom. The van der Waals surface area contributed by atoms with Crippen LogP contribution in [0.5, 0.6) is 0 Å². The molecule has 0 aromatic heterocycles. The van der Waals surface area contributed by atoms with Crippen LogP contribution in [-0.2, 0) is 0 Å². The van der Waals surface area contributed by atoms with Crippen molar-refractivity contribution in [2.45, 2.75) is 0 Å². The third kappa shape index (κ3) is 2.12. The molecule has 0 aliphatic heterocycles. The summed E-state index contributed by atoms with van der Waals surface area (Å²) in [6.45, 7) is 0. The Balaban J connectivity index is 3.00. The molecular formula is C12H6Cl2O4. The molecule has 0 fully saturated rings. The van der Waals surface area contributed by atoms with E-state index in [2.05, 4.69) is 0 Å². The van der Waals surface area contributed by atoms with Gasteiger partial charge in [0.05, 0.1) is 11.1 Å². The predicted octanol–water partition coefficient (Wildman–Crippen LogP) is 3.54. The van der Waals surface area contributed by atoms with E-state index < -0.39 is 11.9 Å². The van der Waals surface area contributed by atoms with Gasteiger partial charge >= 0.3 is 11.9 Å². The van der Waals surface area contributed by atoms with Crippen LogP contribution in [-0.4, -0.2) is 22.2 Å². The molecule has 0 unspecified atom stereocenters. The van der Waals surface area contributed by atoms with E-state index in [9.17, 15) is 9.59 Å². The lowest BCUT2D eigenvalue weighted by Crippen LogP contribution is -2.04. The fourth-order valence-corrected chi connectivity index (χ4v) is 2.23. The second-order valence-corrected chi connectivity index (χ2v) is 4.49. The van der Waals surface area contributed by atoms with Gasteiger partial charge in [-0.15, -0.1) is 0 Å². The van der Waals surface area contributed by atoms with Gasteiger partial charge < -0.3 is 10.2 Å². The minimum atomic E-state index is -1.24. The Labute approximate surface area is 111 Å². The lowest BCUT2D eigenvalue weighted by Gasteiger charge is -2.08. The molecule has 2 aromatic rings. The monoisotopic (exact) mass is 284 g/mol. The maximum absolute atomic E-state index is 11.1. The smallest absolute Gasteiger partial charge is 0.336 e. The number of rotatable bonds is 2. The number of aromatic carboxylic acids is 2. The molecule has 0 saturated carbocycles. The van der Waals surface area contributed by atoms with E-state index in [0.29, 0.717) is 5.39 Å². The second-order valence-electron chi connectivity index (χ2n) is 3.62. The minimum Gasteiger partial charge on any atom is -0.478 e. The van der Waals surface area contributed by atoms with Crippen LogP contribution < -0.4 is 0 Å². The number of carboxylic acids is 2. The molecule has 2 aromatic carbocycles. The van der Waals surface area contributed by atoms with Gasteiger partial charge in [-0.1, -0.05) is 23.2 Å². The summed E-state index contributed by atoms with van der Waals surface area (Å²) in [4.78, 5) is 22.3. The molecule has 92 valence electrons. The van der Waals surface area contributed by atoms with Gasteiger partial charge in [-0.3, -0.25) is 0 Å². The first kappa shape index (κ1) is 12.7. The quantitative estimate of drug-likeness (QED) is 0.884. The van der Waals surface area contributed by atoms with E-state index >= 15 is 0 Å². The largest absolute Gasteiger partial charge is 0.478 e. The van der Waals surface area contributed by atoms with E-state index in [1.165, 1.54) is 24.3 Å². The van der Waals surface area contributed by atoms with Crippen molar-refractivity contribution in [3.63, 3.8) is 0 Å². The highest BCUT2D eigenvalue weighted by atomic mass is 35.5. The van der Waals surface area contributed by atoms with Crippen LogP contribution in [0, 0.1) is 0 Å². The molecule has 6 heteroatoms. The summed E-state index contributed by atoms with van der Waals surface area (Å²) in [5.74, 6) is -2.49. The molecule has 0 radical (unpaired) electrons. The molecule has 2 N–H and O–H groups in total. The van der Waals surface area contributed by atoms with Gasteiger partial charge in [0.2, 0.25) is 0 Å². The highest BCUT2D eigenvalue weighted by Crippen LogP contribution is 2.30. The first-order valence-corrected chi connectivity index (χ1v) is 5.55. The topological polar surface area (TPSA) is 74.6 Å². The normalized spacial score (nSPS) is 10.6. The molecule has 0 bridgehead atoms. The summed E-state index contributed by atoms with van der Waals surface area (Å²) >= 11 is 11.6. The number of carbonyl (C=O) groups is 2. The van der Waals surface area contributed by atoms with Gasteiger partial charge in [0.1, 0.15) is 0 Å². The molecule has 4 nitrogen and oxygen atoms in total.